The van der Waals surface area contributed by atoms with E-state index in [2.05, 4.69) is 26.1 Å². The third-order valence-electron chi connectivity index (χ3n) is 5.39. The fourth-order valence-corrected chi connectivity index (χ4v) is 3.61. The standard InChI is InChI=1S/C20H30N2O3/c1-19(2,3)15-8-10-20(25,11-9-15)13-22-17(23)12-14-6-4-5-7-16(14)18(21)24/h4-7,15,25H,8-13H2,1-3H3,(H2,21,24)(H,22,23). The minimum Gasteiger partial charge on any atom is -0.388 e. The third kappa shape index (κ3) is 5.30. The zero-order chi connectivity index (χ0) is 18.7. The van der Waals surface area contributed by atoms with Gasteiger partial charge in [-0.15, -0.1) is 0 Å². The van der Waals surface area contributed by atoms with Crippen molar-refractivity contribution in [3.05, 3.63) is 35.4 Å². The third-order valence-corrected chi connectivity index (χ3v) is 5.39. The Labute approximate surface area is 150 Å². The molecule has 0 saturated heterocycles. The van der Waals surface area contributed by atoms with Gasteiger partial charge in [0.15, 0.2) is 0 Å². The fraction of sp³-hybridized carbons (Fsp3) is 0.600. The molecule has 0 atom stereocenters. The maximum absolute atomic E-state index is 12.2. The second-order valence-electron chi connectivity index (χ2n) is 8.34. The normalized spacial score (nSPS) is 23.9. The van der Waals surface area contributed by atoms with Gasteiger partial charge in [0.1, 0.15) is 0 Å². The minimum absolute atomic E-state index is 0.0831. The molecule has 1 aliphatic rings. The van der Waals surface area contributed by atoms with Crippen molar-refractivity contribution in [1.82, 2.24) is 5.32 Å². The Morgan fingerprint density at radius 3 is 2.40 bits per heavy atom. The first-order valence-electron chi connectivity index (χ1n) is 8.97. The summed E-state index contributed by atoms with van der Waals surface area (Å²) in [6.45, 7) is 6.96. The first-order valence-corrected chi connectivity index (χ1v) is 8.97. The number of nitrogens with two attached hydrogens (primary N) is 1. The van der Waals surface area contributed by atoms with E-state index < -0.39 is 11.5 Å². The zero-order valence-electron chi connectivity index (χ0n) is 15.5. The molecule has 0 heterocycles. The number of primary amides is 1. The molecule has 0 spiro atoms. The van der Waals surface area contributed by atoms with Crippen molar-refractivity contribution in [3.8, 4) is 0 Å². The van der Waals surface area contributed by atoms with Crippen LogP contribution in [-0.4, -0.2) is 29.1 Å². The molecule has 0 unspecified atom stereocenters. The molecule has 2 amide bonds. The van der Waals surface area contributed by atoms with Crippen LogP contribution >= 0.6 is 0 Å². The molecule has 0 aromatic heterocycles. The Balaban J connectivity index is 1.88. The van der Waals surface area contributed by atoms with Gasteiger partial charge in [0, 0.05) is 12.1 Å². The van der Waals surface area contributed by atoms with Crippen molar-refractivity contribution >= 4 is 11.8 Å². The van der Waals surface area contributed by atoms with Crippen LogP contribution < -0.4 is 11.1 Å². The van der Waals surface area contributed by atoms with E-state index in [4.69, 9.17) is 5.73 Å². The lowest BCUT2D eigenvalue weighted by Crippen LogP contribution is -2.46. The van der Waals surface area contributed by atoms with E-state index in [9.17, 15) is 14.7 Å². The molecule has 0 bridgehead atoms. The lowest BCUT2D eigenvalue weighted by atomic mass is 9.68. The van der Waals surface area contributed by atoms with Gasteiger partial charge in [0.2, 0.25) is 11.8 Å². The van der Waals surface area contributed by atoms with Gasteiger partial charge in [-0.1, -0.05) is 39.0 Å². The van der Waals surface area contributed by atoms with Crippen LogP contribution in [0.1, 0.15) is 62.4 Å². The highest BCUT2D eigenvalue weighted by Gasteiger charge is 2.37. The summed E-state index contributed by atoms with van der Waals surface area (Å²) in [7, 11) is 0. The number of benzene rings is 1. The highest BCUT2D eigenvalue weighted by atomic mass is 16.3. The number of nitrogens with one attached hydrogen (secondary N) is 1. The largest absolute Gasteiger partial charge is 0.388 e. The highest BCUT2D eigenvalue weighted by molar-refractivity contribution is 5.95. The highest BCUT2D eigenvalue weighted by Crippen LogP contribution is 2.41. The predicted molar refractivity (Wildman–Crippen MR) is 98.0 cm³/mol. The molecule has 4 N–H and O–H groups in total. The number of hydrogen-bond acceptors (Lipinski definition) is 3. The molecule has 1 fully saturated rings. The molecule has 5 nitrogen and oxygen atoms in total. The molecule has 1 aromatic rings. The Hall–Kier alpha value is -1.88. The molecule has 2 rings (SSSR count). The molecule has 25 heavy (non-hydrogen) atoms. The Kier molecular flexibility index (Phi) is 5.88. The number of amides is 2. The molecular formula is C20H30N2O3. The Morgan fingerprint density at radius 1 is 1.24 bits per heavy atom. The Bertz CT molecular complexity index is 626. The number of carbonyl (C=O) groups excluding carboxylic acids is 2. The number of aliphatic hydroxyl groups is 1. The average Bonchev–Trinajstić information content (AvgIpc) is 2.53. The van der Waals surface area contributed by atoms with Crippen LogP contribution in [0.2, 0.25) is 0 Å². The number of carbonyl (C=O) groups is 2. The van der Waals surface area contributed by atoms with Crippen LogP contribution in [0.5, 0.6) is 0 Å². The van der Waals surface area contributed by atoms with Crippen LogP contribution in [0.4, 0.5) is 0 Å². The van der Waals surface area contributed by atoms with Crippen molar-refractivity contribution in [2.75, 3.05) is 6.54 Å². The van der Waals surface area contributed by atoms with Crippen LogP contribution in [0.25, 0.3) is 0 Å². The quantitative estimate of drug-likeness (QED) is 0.764. The van der Waals surface area contributed by atoms with E-state index in [0.29, 0.717) is 29.9 Å². The van der Waals surface area contributed by atoms with Gasteiger partial charge >= 0.3 is 0 Å². The number of hydrogen-bond donors (Lipinski definition) is 3. The van der Waals surface area contributed by atoms with E-state index in [-0.39, 0.29) is 24.3 Å². The molecule has 1 saturated carbocycles. The summed E-state index contributed by atoms with van der Waals surface area (Å²) in [5, 5.41) is 13.5. The van der Waals surface area contributed by atoms with Gasteiger partial charge in [-0.05, 0) is 48.6 Å². The summed E-state index contributed by atoms with van der Waals surface area (Å²) in [6, 6.07) is 6.84. The van der Waals surface area contributed by atoms with Crippen molar-refractivity contribution < 1.29 is 14.7 Å². The van der Waals surface area contributed by atoms with Gasteiger partial charge in [-0.3, -0.25) is 9.59 Å². The second kappa shape index (κ2) is 7.56. The number of rotatable bonds is 5. The monoisotopic (exact) mass is 346 g/mol. The average molecular weight is 346 g/mol. The molecule has 5 heteroatoms. The molecular weight excluding hydrogens is 316 g/mol. The topological polar surface area (TPSA) is 92.4 Å². The van der Waals surface area contributed by atoms with Gasteiger partial charge < -0.3 is 16.2 Å². The van der Waals surface area contributed by atoms with Gasteiger partial charge in [0.25, 0.3) is 0 Å². The van der Waals surface area contributed by atoms with E-state index in [1.807, 2.05) is 0 Å². The van der Waals surface area contributed by atoms with Crippen LogP contribution in [0, 0.1) is 11.3 Å². The van der Waals surface area contributed by atoms with Crippen LogP contribution in [-0.2, 0) is 11.2 Å². The van der Waals surface area contributed by atoms with E-state index >= 15 is 0 Å². The van der Waals surface area contributed by atoms with Crippen LogP contribution in [0.3, 0.4) is 0 Å². The predicted octanol–water partition coefficient (Wildman–Crippen LogP) is 2.41. The summed E-state index contributed by atoms with van der Waals surface area (Å²) in [4.78, 5) is 23.6. The van der Waals surface area contributed by atoms with E-state index in [1.165, 1.54) is 0 Å². The van der Waals surface area contributed by atoms with Crippen molar-refractivity contribution in [2.45, 2.75) is 58.5 Å². The van der Waals surface area contributed by atoms with Crippen LogP contribution in [0.15, 0.2) is 24.3 Å². The molecule has 1 aliphatic carbocycles. The first kappa shape index (κ1) is 19.4. The minimum atomic E-state index is -0.833. The van der Waals surface area contributed by atoms with Crippen molar-refractivity contribution in [1.29, 1.82) is 0 Å². The van der Waals surface area contributed by atoms with Crippen molar-refractivity contribution in [2.24, 2.45) is 17.1 Å². The second-order valence-corrected chi connectivity index (χ2v) is 8.34. The van der Waals surface area contributed by atoms with Gasteiger partial charge in [0.05, 0.1) is 12.0 Å². The molecule has 0 radical (unpaired) electrons. The SMILES string of the molecule is CC(C)(C)C1CCC(O)(CNC(=O)Cc2ccccc2C(N)=O)CC1. The lowest BCUT2D eigenvalue weighted by molar-refractivity contribution is -0.122. The summed E-state index contributed by atoms with van der Waals surface area (Å²) in [6.07, 6.45) is 3.43. The van der Waals surface area contributed by atoms with E-state index in [1.54, 1.807) is 24.3 Å². The van der Waals surface area contributed by atoms with E-state index in [0.717, 1.165) is 12.8 Å². The molecule has 138 valence electrons. The Morgan fingerprint density at radius 2 is 1.84 bits per heavy atom. The smallest absolute Gasteiger partial charge is 0.248 e. The maximum atomic E-state index is 12.2. The molecule has 1 aromatic carbocycles. The molecule has 0 aliphatic heterocycles. The summed E-state index contributed by atoms with van der Waals surface area (Å²) >= 11 is 0. The zero-order valence-corrected chi connectivity index (χ0v) is 15.5. The van der Waals surface area contributed by atoms with Gasteiger partial charge in [-0.2, -0.15) is 0 Å². The van der Waals surface area contributed by atoms with Gasteiger partial charge in [-0.25, -0.2) is 0 Å². The fourth-order valence-electron chi connectivity index (χ4n) is 3.61. The lowest BCUT2D eigenvalue weighted by Gasteiger charge is -2.41. The van der Waals surface area contributed by atoms with Crippen molar-refractivity contribution in [3.63, 3.8) is 0 Å². The summed E-state index contributed by atoms with van der Waals surface area (Å²) in [5.41, 5.74) is 5.73. The summed E-state index contributed by atoms with van der Waals surface area (Å²) < 4.78 is 0. The first-order chi connectivity index (χ1) is 11.6. The maximum Gasteiger partial charge on any atom is 0.248 e. The summed E-state index contributed by atoms with van der Waals surface area (Å²) in [5.74, 6) is -0.145.